The first-order valence-corrected chi connectivity index (χ1v) is 16.8. The summed E-state index contributed by atoms with van der Waals surface area (Å²) in [6.07, 6.45) is -0.0943. The molecule has 248 valence electrons. The number of aryl methyl sites for hydroxylation is 1. The highest BCUT2D eigenvalue weighted by Crippen LogP contribution is 2.39. The molecule has 1 fully saturated rings. The number of anilines is 1. The van der Waals surface area contributed by atoms with Gasteiger partial charge in [-0.05, 0) is 74.0 Å². The lowest BCUT2D eigenvalue weighted by molar-refractivity contribution is -0.121. The highest BCUT2D eigenvalue weighted by Gasteiger charge is 2.41. The van der Waals surface area contributed by atoms with Crippen LogP contribution in [0, 0.1) is 18.3 Å². The van der Waals surface area contributed by atoms with E-state index >= 15 is 0 Å². The van der Waals surface area contributed by atoms with Crippen molar-refractivity contribution in [2.45, 2.75) is 30.5 Å². The summed E-state index contributed by atoms with van der Waals surface area (Å²) in [7, 11) is 0. The Kier molecular flexibility index (Phi) is 10.2. The molecule has 1 atom stereocenters. The van der Waals surface area contributed by atoms with E-state index in [0.29, 0.717) is 39.8 Å². The van der Waals surface area contributed by atoms with Crippen molar-refractivity contribution < 1.29 is 28.7 Å². The number of pyridine rings is 1. The number of carbonyl (C=O) groups excluding carboxylic acids is 4. The van der Waals surface area contributed by atoms with E-state index in [0.717, 1.165) is 33.4 Å². The van der Waals surface area contributed by atoms with E-state index < -0.39 is 29.6 Å². The summed E-state index contributed by atoms with van der Waals surface area (Å²) >= 11 is 1.09. The molecular formula is C40H31N3O6S. The number of nitriles is 1. The number of esters is 1. The van der Waals surface area contributed by atoms with Gasteiger partial charge in [0.1, 0.15) is 16.8 Å². The van der Waals surface area contributed by atoms with Crippen LogP contribution in [-0.4, -0.2) is 47.0 Å². The van der Waals surface area contributed by atoms with Gasteiger partial charge in [-0.2, -0.15) is 5.26 Å². The fraction of sp³-hybridized carbons (Fsp3) is 0.150. The summed E-state index contributed by atoms with van der Waals surface area (Å²) in [5.74, 6) is -1.33. The van der Waals surface area contributed by atoms with Gasteiger partial charge in [-0.3, -0.25) is 14.4 Å². The quantitative estimate of drug-likeness (QED) is 0.0793. The molecule has 1 unspecified atom stereocenters. The molecule has 1 saturated heterocycles. The van der Waals surface area contributed by atoms with Crippen LogP contribution in [-0.2, 0) is 14.3 Å². The Hall–Kier alpha value is -6.05. The Balaban J connectivity index is 1.18. The average molecular weight is 682 g/mol. The van der Waals surface area contributed by atoms with Crippen LogP contribution in [0.15, 0.2) is 114 Å². The minimum Gasteiger partial charge on any atom is -0.494 e. The van der Waals surface area contributed by atoms with Gasteiger partial charge in [-0.25, -0.2) is 14.7 Å². The summed E-state index contributed by atoms with van der Waals surface area (Å²) in [5, 5.41) is 9.83. The Morgan fingerprint density at radius 2 is 1.58 bits per heavy atom. The number of ether oxygens (including phenoxy) is 2. The van der Waals surface area contributed by atoms with Crippen molar-refractivity contribution in [3.05, 3.63) is 131 Å². The van der Waals surface area contributed by atoms with Crippen LogP contribution in [0.3, 0.4) is 0 Å². The predicted octanol–water partition coefficient (Wildman–Crippen LogP) is 7.46. The van der Waals surface area contributed by atoms with Gasteiger partial charge >= 0.3 is 5.97 Å². The van der Waals surface area contributed by atoms with Gasteiger partial charge in [-0.15, -0.1) is 0 Å². The summed E-state index contributed by atoms with van der Waals surface area (Å²) in [5.41, 5.74) is 5.23. The van der Waals surface area contributed by atoms with Crippen molar-refractivity contribution in [2.75, 3.05) is 18.1 Å². The highest BCUT2D eigenvalue weighted by molar-refractivity contribution is 8.00. The molecule has 6 rings (SSSR count). The first-order valence-electron chi connectivity index (χ1n) is 15.9. The van der Waals surface area contributed by atoms with E-state index in [2.05, 4.69) is 6.07 Å². The third-order valence-electron chi connectivity index (χ3n) is 8.07. The largest absolute Gasteiger partial charge is 0.494 e. The number of imide groups is 1. The number of nitrogens with zero attached hydrogens (tertiary/aromatic N) is 3. The van der Waals surface area contributed by atoms with Crippen LogP contribution in [0.25, 0.3) is 22.4 Å². The first kappa shape index (κ1) is 33.8. The second-order valence-corrected chi connectivity index (χ2v) is 12.7. The van der Waals surface area contributed by atoms with E-state index in [1.54, 1.807) is 24.3 Å². The van der Waals surface area contributed by atoms with Crippen molar-refractivity contribution in [3.63, 3.8) is 0 Å². The van der Waals surface area contributed by atoms with Crippen LogP contribution in [0.5, 0.6) is 5.75 Å². The zero-order valence-corrected chi connectivity index (χ0v) is 28.1. The molecule has 9 nitrogen and oxygen atoms in total. The van der Waals surface area contributed by atoms with Crippen LogP contribution >= 0.6 is 11.8 Å². The van der Waals surface area contributed by atoms with E-state index in [1.807, 2.05) is 74.5 Å². The molecule has 0 spiro atoms. The lowest BCUT2D eigenvalue weighted by Crippen LogP contribution is -2.31. The van der Waals surface area contributed by atoms with Gasteiger partial charge in [0.05, 0.1) is 34.4 Å². The van der Waals surface area contributed by atoms with Crippen LogP contribution in [0.4, 0.5) is 5.69 Å². The Bertz CT molecular complexity index is 2110. The Labute approximate surface area is 293 Å². The number of rotatable bonds is 11. The fourth-order valence-corrected chi connectivity index (χ4v) is 6.61. The first-order chi connectivity index (χ1) is 24.2. The molecule has 0 aliphatic carbocycles. The molecule has 10 heteroatoms. The third kappa shape index (κ3) is 7.33. The number of aromatic nitrogens is 1. The topological polar surface area (TPSA) is 127 Å². The molecular weight excluding hydrogens is 651 g/mol. The van der Waals surface area contributed by atoms with Crippen LogP contribution in [0.2, 0.25) is 0 Å². The minimum atomic E-state index is -0.822. The van der Waals surface area contributed by atoms with Gasteiger partial charge in [0, 0.05) is 23.1 Å². The van der Waals surface area contributed by atoms with Crippen LogP contribution < -0.4 is 9.64 Å². The molecule has 0 N–H and O–H groups in total. The highest BCUT2D eigenvalue weighted by atomic mass is 32.2. The molecule has 0 saturated carbocycles. The summed E-state index contributed by atoms with van der Waals surface area (Å²) in [4.78, 5) is 58.0. The maximum absolute atomic E-state index is 13.7. The van der Waals surface area contributed by atoms with E-state index in [9.17, 15) is 24.4 Å². The predicted molar refractivity (Wildman–Crippen MR) is 190 cm³/mol. The summed E-state index contributed by atoms with van der Waals surface area (Å²) < 4.78 is 10.6. The number of ketones is 1. The molecule has 2 heterocycles. The number of benzene rings is 4. The minimum absolute atomic E-state index is 0.0943. The lowest BCUT2D eigenvalue weighted by Gasteiger charge is -2.16. The number of amides is 2. The molecule has 2 amide bonds. The van der Waals surface area contributed by atoms with E-state index in [4.69, 9.17) is 14.5 Å². The number of carbonyl (C=O) groups is 4. The fourth-order valence-electron chi connectivity index (χ4n) is 5.48. The zero-order chi connectivity index (χ0) is 35.2. The van der Waals surface area contributed by atoms with Gasteiger partial charge in [0.25, 0.3) is 0 Å². The standard InChI is InChI=1S/C40H31N3O6S/c1-3-48-31-19-15-28(16-20-31)35(44)24-49-40(47)29-13-17-30(18-14-29)43-37(45)22-36(39(43)46)50-38-33(23-41)32(26-11-9-25(2)10-12-26)21-34(42-38)27-7-5-4-6-8-27/h4-21,36H,3,22,24H2,1-2H3. The van der Waals surface area contributed by atoms with Gasteiger partial charge in [0.15, 0.2) is 12.4 Å². The molecule has 4 aromatic carbocycles. The molecule has 1 aromatic heterocycles. The summed E-state index contributed by atoms with van der Waals surface area (Å²) in [6, 6.07) is 33.9. The van der Waals surface area contributed by atoms with Crippen molar-refractivity contribution in [2.24, 2.45) is 0 Å². The van der Waals surface area contributed by atoms with Crippen LogP contribution in [0.1, 0.15) is 45.2 Å². The second-order valence-electron chi connectivity index (χ2n) is 11.5. The second kappa shape index (κ2) is 15.0. The van der Waals surface area contributed by atoms with Crippen molar-refractivity contribution in [3.8, 4) is 34.2 Å². The average Bonchev–Trinajstić information content (AvgIpc) is 3.42. The Morgan fingerprint density at radius 3 is 2.24 bits per heavy atom. The Morgan fingerprint density at radius 1 is 0.900 bits per heavy atom. The van der Waals surface area contributed by atoms with Gasteiger partial charge in [-0.1, -0.05) is 71.9 Å². The number of Topliss-reactive ketones (excluding diaryl/α,β-unsaturated/α-hetero) is 1. The molecule has 50 heavy (non-hydrogen) atoms. The molecule has 0 bridgehead atoms. The number of hydrogen-bond acceptors (Lipinski definition) is 9. The SMILES string of the molecule is CCOc1ccc(C(=O)COC(=O)c2ccc(N3C(=O)CC(Sc4nc(-c5ccccc5)cc(-c5ccc(C)cc5)c4C#N)C3=O)cc2)cc1. The maximum Gasteiger partial charge on any atom is 0.338 e. The monoisotopic (exact) mass is 681 g/mol. The van der Waals surface area contributed by atoms with Crippen molar-refractivity contribution in [1.29, 1.82) is 5.26 Å². The van der Waals surface area contributed by atoms with Crippen molar-refractivity contribution in [1.82, 2.24) is 4.98 Å². The van der Waals surface area contributed by atoms with E-state index in [1.165, 1.54) is 24.3 Å². The smallest absolute Gasteiger partial charge is 0.338 e. The number of thioether (sulfide) groups is 1. The van der Waals surface area contributed by atoms with Gasteiger partial charge in [0.2, 0.25) is 11.8 Å². The third-order valence-corrected chi connectivity index (χ3v) is 9.24. The lowest BCUT2D eigenvalue weighted by atomic mass is 9.98. The molecule has 0 radical (unpaired) electrons. The molecule has 1 aliphatic rings. The van der Waals surface area contributed by atoms with Crippen molar-refractivity contribution >= 4 is 41.0 Å². The summed E-state index contributed by atoms with van der Waals surface area (Å²) in [6.45, 7) is 3.90. The normalized spacial score (nSPS) is 13.9. The maximum atomic E-state index is 13.7. The zero-order valence-electron chi connectivity index (χ0n) is 27.3. The molecule has 5 aromatic rings. The number of hydrogen-bond donors (Lipinski definition) is 0. The molecule has 1 aliphatic heterocycles. The van der Waals surface area contributed by atoms with E-state index in [-0.39, 0.29) is 23.5 Å². The van der Waals surface area contributed by atoms with Gasteiger partial charge < -0.3 is 9.47 Å².